The summed E-state index contributed by atoms with van der Waals surface area (Å²) in [6, 6.07) is 2.30. The van der Waals surface area contributed by atoms with Crippen LogP contribution >= 0.6 is 0 Å². The second-order valence-electron chi connectivity index (χ2n) is 6.80. The maximum absolute atomic E-state index is 4.53. The van der Waals surface area contributed by atoms with Crippen LogP contribution in [0, 0.1) is 0 Å². The minimum absolute atomic E-state index is 0.441. The molecule has 0 aromatic carbocycles. The van der Waals surface area contributed by atoms with Gasteiger partial charge in [0.05, 0.1) is 0 Å². The standard InChI is InChI=1S/C18H25N7/c1-2-9-24(8-1)18-22-12-15(13-23-18)11-21-16-5-3-10-25(14-16)17-19-6-4-7-20-17/h4,6-7,12-13,16,21H,1-3,5,8-11,14H2/t16-/m1/s1. The number of nitrogens with one attached hydrogen (secondary N) is 1. The average Bonchev–Trinajstić information content (AvgIpc) is 3.23. The van der Waals surface area contributed by atoms with E-state index in [1.165, 1.54) is 19.3 Å². The van der Waals surface area contributed by atoms with Crippen molar-refractivity contribution in [2.45, 2.75) is 38.3 Å². The highest BCUT2D eigenvalue weighted by atomic mass is 15.3. The van der Waals surface area contributed by atoms with Crippen molar-refractivity contribution in [3.8, 4) is 0 Å². The van der Waals surface area contributed by atoms with Gasteiger partial charge < -0.3 is 15.1 Å². The molecule has 0 bridgehead atoms. The zero-order chi connectivity index (χ0) is 16.9. The van der Waals surface area contributed by atoms with E-state index in [1.54, 1.807) is 12.4 Å². The first kappa shape index (κ1) is 16.2. The Bertz CT molecular complexity index is 655. The van der Waals surface area contributed by atoms with Crippen LogP contribution in [0.4, 0.5) is 11.9 Å². The molecule has 4 rings (SSSR count). The molecule has 0 radical (unpaired) electrons. The quantitative estimate of drug-likeness (QED) is 0.888. The van der Waals surface area contributed by atoms with E-state index in [2.05, 4.69) is 35.1 Å². The predicted octanol–water partition coefficient (Wildman–Crippen LogP) is 1.63. The van der Waals surface area contributed by atoms with Gasteiger partial charge in [-0.15, -0.1) is 0 Å². The van der Waals surface area contributed by atoms with Crippen LogP contribution in [0.5, 0.6) is 0 Å². The van der Waals surface area contributed by atoms with E-state index >= 15 is 0 Å². The highest BCUT2D eigenvalue weighted by Gasteiger charge is 2.21. The van der Waals surface area contributed by atoms with Gasteiger partial charge in [0.25, 0.3) is 0 Å². The van der Waals surface area contributed by atoms with Crippen molar-refractivity contribution in [3.05, 3.63) is 36.4 Å². The summed E-state index contributed by atoms with van der Waals surface area (Å²) < 4.78 is 0. The van der Waals surface area contributed by atoms with E-state index in [1.807, 2.05) is 18.5 Å². The summed E-state index contributed by atoms with van der Waals surface area (Å²) in [6.45, 7) is 4.93. The molecule has 1 atom stereocenters. The van der Waals surface area contributed by atoms with Crippen molar-refractivity contribution < 1.29 is 0 Å². The molecule has 2 aromatic rings. The molecule has 132 valence electrons. The Labute approximate surface area is 148 Å². The first-order valence-corrected chi connectivity index (χ1v) is 9.20. The fourth-order valence-corrected chi connectivity index (χ4v) is 3.56. The molecule has 0 aliphatic carbocycles. The molecule has 7 nitrogen and oxygen atoms in total. The van der Waals surface area contributed by atoms with Crippen LogP contribution in [0.1, 0.15) is 31.2 Å². The molecule has 25 heavy (non-hydrogen) atoms. The average molecular weight is 339 g/mol. The van der Waals surface area contributed by atoms with Gasteiger partial charge in [0.2, 0.25) is 11.9 Å². The lowest BCUT2D eigenvalue weighted by molar-refractivity contribution is 0.418. The summed E-state index contributed by atoms with van der Waals surface area (Å²) in [7, 11) is 0. The zero-order valence-corrected chi connectivity index (χ0v) is 14.5. The van der Waals surface area contributed by atoms with Crippen molar-refractivity contribution in [2.75, 3.05) is 36.0 Å². The van der Waals surface area contributed by atoms with Gasteiger partial charge in [-0.1, -0.05) is 0 Å². The number of hydrogen-bond acceptors (Lipinski definition) is 7. The largest absolute Gasteiger partial charge is 0.341 e. The molecule has 0 unspecified atom stereocenters. The van der Waals surface area contributed by atoms with E-state index in [0.29, 0.717) is 6.04 Å². The Morgan fingerprint density at radius 2 is 1.56 bits per heavy atom. The number of rotatable bonds is 5. The molecule has 2 saturated heterocycles. The molecular formula is C18H25N7. The van der Waals surface area contributed by atoms with Gasteiger partial charge in [0, 0.05) is 69.1 Å². The Balaban J connectivity index is 1.30. The Morgan fingerprint density at radius 3 is 2.32 bits per heavy atom. The lowest BCUT2D eigenvalue weighted by atomic mass is 10.1. The fourth-order valence-electron chi connectivity index (χ4n) is 3.56. The molecule has 0 saturated carbocycles. The number of hydrogen-bond donors (Lipinski definition) is 1. The predicted molar refractivity (Wildman–Crippen MR) is 97.6 cm³/mol. The third kappa shape index (κ3) is 4.04. The van der Waals surface area contributed by atoms with Crippen LogP contribution in [0.2, 0.25) is 0 Å². The minimum Gasteiger partial charge on any atom is -0.341 e. The van der Waals surface area contributed by atoms with Gasteiger partial charge in [0.15, 0.2) is 0 Å². The molecule has 2 fully saturated rings. The first-order valence-electron chi connectivity index (χ1n) is 9.20. The smallest absolute Gasteiger partial charge is 0.225 e. The number of nitrogens with zero attached hydrogens (tertiary/aromatic N) is 6. The zero-order valence-electron chi connectivity index (χ0n) is 14.5. The normalized spacial score (nSPS) is 20.9. The SMILES string of the molecule is c1cnc(N2CCC[C@@H](NCc3cnc(N4CCCC4)nc3)C2)nc1. The first-order chi connectivity index (χ1) is 12.4. The van der Waals surface area contributed by atoms with Crippen LogP contribution in [0.3, 0.4) is 0 Å². The van der Waals surface area contributed by atoms with Crippen LogP contribution in [0.25, 0.3) is 0 Å². The van der Waals surface area contributed by atoms with E-state index < -0.39 is 0 Å². The van der Waals surface area contributed by atoms with E-state index in [9.17, 15) is 0 Å². The van der Waals surface area contributed by atoms with Crippen LogP contribution in [-0.4, -0.2) is 52.2 Å². The van der Waals surface area contributed by atoms with E-state index in [4.69, 9.17) is 0 Å². The summed E-state index contributed by atoms with van der Waals surface area (Å²) in [5, 5.41) is 3.64. The second kappa shape index (κ2) is 7.74. The third-order valence-corrected chi connectivity index (χ3v) is 4.93. The van der Waals surface area contributed by atoms with E-state index in [-0.39, 0.29) is 0 Å². The topological polar surface area (TPSA) is 70.1 Å². The van der Waals surface area contributed by atoms with Crippen LogP contribution < -0.4 is 15.1 Å². The Kier molecular flexibility index (Phi) is 5.01. The molecule has 1 N–H and O–H groups in total. The number of piperidine rings is 1. The third-order valence-electron chi connectivity index (χ3n) is 4.93. The maximum atomic E-state index is 4.53. The fraction of sp³-hybridized carbons (Fsp3) is 0.556. The van der Waals surface area contributed by atoms with Crippen LogP contribution in [-0.2, 0) is 6.54 Å². The van der Waals surface area contributed by atoms with Crippen molar-refractivity contribution in [2.24, 2.45) is 0 Å². The highest BCUT2D eigenvalue weighted by molar-refractivity contribution is 5.31. The molecule has 2 aromatic heterocycles. The molecule has 7 heteroatoms. The van der Waals surface area contributed by atoms with Crippen molar-refractivity contribution in [1.82, 2.24) is 25.3 Å². The lowest BCUT2D eigenvalue weighted by Crippen LogP contribution is -2.46. The molecule has 0 amide bonds. The van der Waals surface area contributed by atoms with Gasteiger partial charge >= 0.3 is 0 Å². The summed E-state index contributed by atoms with van der Waals surface area (Å²) in [6.07, 6.45) is 12.3. The monoisotopic (exact) mass is 339 g/mol. The second-order valence-corrected chi connectivity index (χ2v) is 6.80. The summed E-state index contributed by atoms with van der Waals surface area (Å²) in [5.74, 6) is 1.69. The molecule has 2 aliphatic rings. The lowest BCUT2D eigenvalue weighted by Gasteiger charge is -2.33. The van der Waals surface area contributed by atoms with Crippen molar-refractivity contribution >= 4 is 11.9 Å². The summed E-state index contributed by atoms with van der Waals surface area (Å²) in [4.78, 5) is 22.3. The molecule has 4 heterocycles. The molecule has 2 aliphatic heterocycles. The number of aromatic nitrogens is 4. The van der Waals surface area contributed by atoms with Gasteiger partial charge in [-0.25, -0.2) is 19.9 Å². The van der Waals surface area contributed by atoms with Gasteiger partial charge in [-0.3, -0.25) is 0 Å². The summed E-state index contributed by atoms with van der Waals surface area (Å²) in [5.41, 5.74) is 1.14. The highest BCUT2D eigenvalue weighted by Crippen LogP contribution is 2.17. The number of anilines is 2. The molecular weight excluding hydrogens is 314 g/mol. The molecule has 0 spiro atoms. The van der Waals surface area contributed by atoms with Crippen molar-refractivity contribution in [1.29, 1.82) is 0 Å². The minimum atomic E-state index is 0.441. The van der Waals surface area contributed by atoms with Crippen LogP contribution in [0.15, 0.2) is 30.9 Å². The van der Waals surface area contributed by atoms with Gasteiger partial charge in [0.1, 0.15) is 0 Å². The summed E-state index contributed by atoms with van der Waals surface area (Å²) >= 11 is 0. The van der Waals surface area contributed by atoms with Crippen molar-refractivity contribution in [3.63, 3.8) is 0 Å². The van der Waals surface area contributed by atoms with Gasteiger partial charge in [-0.2, -0.15) is 0 Å². The van der Waals surface area contributed by atoms with Gasteiger partial charge in [-0.05, 0) is 31.7 Å². The maximum Gasteiger partial charge on any atom is 0.225 e. The Hall–Kier alpha value is -2.28. The van der Waals surface area contributed by atoms with E-state index in [0.717, 1.165) is 56.6 Å². The Morgan fingerprint density at radius 1 is 0.880 bits per heavy atom.